The summed E-state index contributed by atoms with van der Waals surface area (Å²) in [5.74, 6) is 1.07. The Morgan fingerprint density at radius 3 is 2.54 bits per heavy atom. The zero-order valence-corrected chi connectivity index (χ0v) is 13.5. The van der Waals surface area contributed by atoms with E-state index in [9.17, 15) is 5.26 Å². The van der Waals surface area contributed by atoms with Crippen LogP contribution in [-0.2, 0) is 0 Å². The quantitative estimate of drug-likeness (QED) is 0.792. The highest BCUT2D eigenvalue weighted by atomic mass is 16.3. The number of anilines is 2. The van der Waals surface area contributed by atoms with Crippen LogP contribution in [0, 0.1) is 11.3 Å². The van der Waals surface area contributed by atoms with Crippen LogP contribution >= 0.6 is 0 Å². The Hall–Kier alpha value is -3.33. The van der Waals surface area contributed by atoms with E-state index in [2.05, 4.69) is 16.0 Å². The van der Waals surface area contributed by atoms with Gasteiger partial charge in [-0.15, -0.1) is 0 Å². The summed E-state index contributed by atoms with van der Waals surface area (Å²) in [6.07, 6.45) is 1.53. The molecule has 6 heteroatoms. The van der Waals surface area contributed by atoms with E-state index >= 15 is 0 Å². The molecule has 0 saturated heterocycles. The van der Waals surface area contributed by atoms with E-state index in [4.69, 9.17) is 10.2 Å². The van der Waals surface area contributed by atoms with Crippen molar-refractivity contribution in [2.75, 3.05) is 17.7 Å². The second kappa shape index (κ2) is 6.42. The summed E-state index contributed by atoms with van der Waals surface area (Å²) in [4.78, 5) is 10.4. The zero-order valence-electron chi connectivity index (χ0n) is 13.5. The standard InChI is InChI=1S/C18H17N5O/c1-12(13-7-4-3-5-8-13)23(2)17-14(11-19)16(21-18(20)22-17)15-9-6-10-24-15/h3-10,12H,1-2H3,(H2,20,21,22). The Labute approximate surface area is 140 Å². The number of hydrogen-bond donors (Lipinski definition) is 1. The third-order valence-corrected chi connectivity index (χ3v) is 3.97. The van der Waals surface area contributed by atoms with Crippen molar-refractivity contribution in [3.05, 3.63) is 59.9 Å². The highest BCUT2D eigenvalue weighted by molar-refractivity contribution is 5.71. The molecule has 0 bridgehead atoms. The van der Waals surface area contributed by atoms with Crippen LogP contribution in [-0.4, -0.2) is 17.0 Å². The van der Waals surface area contributed by atoms with Crippen LogP contribution in [0.2, 0.25) is 0 Å². The number of furan rings is 1. The van der Waals surface area contributed by atoms with Gasteiger partial charge in [0.2, 0.25) is 5.95 Å². The maximum Gasteiger partial charge on any atom is 0.222 e. The predicted octanol–water partition coefficient (Wildman–Crippen LogP) is 3.39. The average molecular weight is 319 g/mol. The van der Waals surface area contributed by atoms with Crippen LogP contribution in [0.3, 0.4) is 0 Å². The Morgan fingerprint density at radius 1 is 1.17 bits per heavy atom. The van der Waals surface area contributed by atoms with Gasteiger partial charge in [-0.2, -0.15) is 10.2 Å². The van der Waals surface area contributed by atoms with Crippen LogP contribution < -0.4 is 10.6 Å². The highest BCUT2D eigenvalue weighted by Crippen LogP contribution is 2.32. The second-order valence-corrected chi connectivity index (χ2v) is 5.42. The molecule has 1 aromatic carbocycles. The van der Waals surface area contributed by atoms with Crippen LogP contribution in [0.1, 0.15) is 24.1 Å². The first kappa shape index (κ1) is 15.6. The zero-order chi connectivity index (χ0) is 17.1. The van der Waals surface area contributed by atoms with E-state index in [1.807, 2.05) is 49.2 Å². The fourth-order valence-corrected chi connectivity index (χ4v) is 2.55. The molecule has 2 N–H and O–H groups in total. The van der Waals surface area contributed by atoms with Gasteiger partial charge in [-0.3, -0.25) is 0 Å². The van der Waals surface area contributed by atoms with E-state index in [0.717, 1.165) is 5.56 Å². The van der Waals surface area contributed by atoms with E-state index in [1.165, 1.54) is 6.26 Å². The third kappa shape index (κ3) is 2.79. The Morgan fingerprint density at radius 2 is 1.92 bits per heavy atom. The van der Waals surface area contributed by atoms with Crippen molar-refractivity contribution in [3.63, 3.8) is 0 Å². The molecule has 0 aliphatic rings. The van der Waals surface area contributed by atoms with Crippen molar-refractivity contribution < 1.29 is 4.42 Å². The topological polar surface area (TPSA) is 92.0 Å². The number of rotatable bonds is 4. The molecule has 0 aliphatic carbocycles. The lowest BCUT2D eigenvalue weighted by molar-refractivity contribution is 0.579. The molecule has 0 spiro atoms. The Balaban J connectivity index is 2.09. The number of nitrogen functional groups attached to an aromatic ring is 1. The summed E-state index contributed by atoms with van der Waals surface area (Å²) >= 11 is 0. The first-order chi connectivity index (χ1) is 11.6. The van der Waals surface area contributed by atoms with Gasteiger partial charge in [0.25, 0.3) is 0 Å². The fraction of sp³-hybridized carbons (Fsp3) is 0.167. The smallest absolute Gasteiger partial charge is 0.222 e. The van der Waals surface area contributed by atoms with Gasteiger partial charge >= 0.3 is 0 Å². The lowest BCUT2D eigenvalue weighted by atomic mass is 10.1. The van der Waals surface area contributed by atoms with Crippen molar-refractivity contribution in [1.29, 1.82) is 5.26 Å². The average Bonchev–Trinajstić information content (AvgIpc) is 3.15. The summed E-state index contributed by atoms with van der Waals surface area (Å²) < 4.78 is 5.38. The molecule has 0 fully saturated rings. The number of nitrogens with two attached hydrogens (primary N) is 1. The maximum atomic E-state index is 9.65. The predicted molar refractivity (Wildman–Crippen MR) is 92.1 cm³/mol. The summed E-state index contributed by atoms with van der Waals surface area (Å²) in [6.45, 7) is 2.04. The molecule has 1 unspecified atom stereocenters. The van der Waals surface area contributed by atoms with Crippen LogP contribution in [0.4, 0.5) is 11.8 Å². The summed E-state index contributed by atoms with van der Waals surface area (Å²) in [6, 6.07) is 15.7. The summed E-state index contributed by atoms with van der Waals surface area (Å²) in [5, 5.41) is 9.65. The molecule has 0 aliphatic heterocycles. The van der Waals surface area contributed by atoms with Gasteiger partial charge in [-0.25, -0.2) is 4.98 Å². The largest absolute Gasteiger partial charge is 0.463 e. The normalized spacial score (nSPS) is 11.7. The minimum absolute atomic E-state index is 0.0112. The Bertz CT molecular complexity index is 868. The van der Waals surface area contributed by atoms with Gasteiger partial charge in [0.05, 0.1) is 12.3 Å². The molecule has 24 heavy (non-hydrogen) atoms. The fourth-order valence-electron chi connectivity index (χ4n) is 2.55. The van der Waals surface area contributed by atoms with Crippen LogP contribution in [0.5, 0.6) is 0 Å². The van der Waals surface area contributed by atoms with E-state index < -0.39 is 0 Å². The van der Waals surface area contributed by atoms with Gasteiger partial charge in [-0.1, -0.05) is 30.3 Å². The molecule has 2 heterocycles. The van der Waals surface area contributed by atoms with E-state index in [1.54, 1.807) is 12.1 Å². The second-order valence-electron chi connectivity index (χ2n) is 5.42. The molecular weight excluding hydrogens is 302 g/mol. The van der Waals surface area contributed by atoms with Crippen molar-refractivity contribution in [1.82, 2.24) is 9.97 Å². The van der Waals surface area contributed by atoms with Crippen molar-refractivity contribution in [2.24, 2.45) is 0 Å². The number of nitriles is 1. The molecule has 0 radical (unpaired) electrons. The Kier molecular flexibility index (Phi) is 4.17. The van der Waals surface area contributed by atoms with Gasteiger partial charge < -0.3 is 15.1 Å². The van der Waals surface area contributed by atoms with Crippen LogP contribution in [0.15, 0.2) is 53.1 Å². The first-order valence-electron chi connectivity index (χ1n) is 7.51. The van der Waals surface area contributed by atoms with E-state index in [0.29, 0.717) is 22.8 Å². The molecular formula is C18H17N5O. The summed E-state index contributed by atoms with van der Waals surface area (Å²) in [5.41, 5.74) is 7.71. The monoisotopic (exact) mass is 319 g/mol. The number of aromatic nitrogens is 2. The molecule has 0 amide bonds. The van der Waals surface area contributed by atoms with E-state index in [-0.39, 0.29) is 12.0 Å². The molecule has 2 aromatic heterocycles. The van der Waals surface area contributed by atoms with Crippen molar-refractivity contribution in [3.8, 4) is 17.5 Å². The molecule has 6 nitrogen and oxygen atoms in total. The van der Waals surface area contributed by atoms with Crippen molar-refractivity contribution >= 4 is 11.8 Å². The molecule has 3 aromatic rings. The number of nitrogens with zero attached hydrogens (tertiary/aromatic N) is 4. The molecule has 120 valence electrons. The lowest BCUT2D eigenvalue weighted by Crippen LogP contribution is -2.24. The highest BCUT2D eigenvalue weighted by Gasteiger charge is 2.22. The SMILES string of the molecule is CC(c1ccccc1)N(C)c1nc(N)nc(-c2ccco2)c1C#N. The lowest BCUT2D eigenvalue weighted by Gasteiger charge is -2.27. The molecule has 0 saturated carbocycles. The van der Waals surface area contributed by atoms with Crippen molar-refractivity contribution in [2.45, 2.75) is 13.0 Å². The first-order valence-corrected chi connectivity index (χ1v) is 7.51. The third-order valence-electron chi connectivity index (χ3n) is 3.97. The molecule has 1 atom stereocenters. The maximum absolute atomic E-state index is 9.65. The molecule has 3 rings (SSSR count). The number of hydrogen-bond acceptors (Lipinski definition) is 6. The minimum atomic E-state index is 0.0112. The van der Waals surface area contributed by atoms with Gasteiger partial charge in [-0.05, 0) is 24.6 Å². The van der Waals surface area contributed by atoms with Gasteiger partial charge in [0.1, 0.15) is 17.3 Å². The van der Waals surface area contributed by atoms with Gasteiger partial charge in [0, 0.05) is 7.05 Å². The van der Waals surface area contributed by atoms with Crippen LogP contribution in [0.25, 0.3) is 11.5 Å². The summed E-state index contributed by atoms with van der Waals surface area (Å²) in [7, 11) is 1.88. The minimum Gasteiger partial charge on any atom is -0.463 e. The number of benzene rings is 1. The van der Waals surface area contributed by atoms with Gasteiger partial charge in [0.15, 0.2) is 11.6 Å².